The van der Waals surface area contributed by atoms with Crippen molar-refractivity contribution in [1.29, 1.82) is 0 Å². The normalized spacial score (nSPS) is 57.8. The molecule has 0 aromatic rings. The van der Waals surface area contributed by atoms with Gasteiger partial charge in [0.15, 0.2) is 0 Å². The lowest BCUT2D eigenvalue weighted by atomic mass is 9.75. The minimum Gasteiger partial charge on any atom is -0.469 e. The first-order chi connectivity index (χ1) is 5.66. The molecule has 3 aliphatic carbocycles. The van der Waals surface area contributed by atoms with Crippen LogP contribution in [0.2, 0.25) is 0 Å². The van der Waals surface area contributed by atoms with Crippen molar-refractivity contribution in [3.8, 4) is 0 Å². The van der Waals surface area contributed by atoms with Crippen LogP contribution in [0.4, 0.5) is 0 Å². The molecular formula is C9H12O3. The Morgan fingerprint density at radius 3 is 2.67 bits per heavy atom. The van der Waals surface area contributed by atoms with Crippen LogP contribution in [0, 0.1) is 16.2 Å². The third kappa shape index (κ3) is 0.372. The minimum absolute atomic E-state index is 0.0518. The van der Waals surface area contributed by atoms with Gasteiger partial charge < -0.3 is 9.84 Å². The van der Waals surface area contributed by atoms with Gasteiger partial charge in [-0.2, -0.15) is 0 Å². The van der Waals surface area contributed by atoms with E-state index in [1.165, 1.54) is 7.11 Å². The van der Waals surface area contributed by atoms with Crippen molar-refractivity contribution in [2.24, 2.45) is 16.2 Å². The van der Waals surface area contributed by atoms with E-state index in [9.17, 15) is 4.79 Å². The van der Waals surface area contributed by atoms with Crippen LogP contribution in [-0.4, -0.2) is 24.8 Å². The van der Waals surface area contributed by atoms with Crippen LogP contribution < -0.4 is 0 Å². The van der Waals surface area contributed by atoms with Gasteiger partial charge in [-0.1, -0.05) is 0 Å². The first kappa shape index (κ1) is 6.89. The summed E-state index contributed by atoms with van der Waals surface area (Å²) in [5, 5.41) is 9.10. The first-order valence-corrected chi connectivity index (χ1v) is 4.36. The van der Waals surface area contributed by atoms with Gasteiger partial charge in [0, 0.05) is 12.0 Å². The summed E-state index contributed by atoms with van der Waals surface area (Å²) >= 11 is 0. The number of aliphatic hydroxyl groups is 1. The largest absolute Gasteiger partial charge is 0.469 e. The van der Waals surface area contributed by atoms with E-state index in [1.54, 1.807) is 0 Å². The Hall–Kier alpha value is -0.570. The van der Waals surface area contributed by atoms with Crippen molar-refractivity contribution >= 4 is 5.97 Å². The van der Waals surface area contributed by atoms with Gasteiger partial charge in [0.1, 0.15) is 0 Å². The average Bonchev–Trinajstić information content (AvgIpc) is 2.86. The number of ether oxygens (including phenoxy) is 1. The molecule has 3 rings (SSSR count). The zero-order chi connectivity index (χ0) is 8.61. The Morgan fingerprint density at radius 1 is 1.50 bits per heavy atom. The SMILES string of the molecule is COC(=O)C12CC3(CO)CC31C2. The van der Waals surface area contributed by atoms with Gasteiger partial charge in [-0.25, -0.2) is 0 Å². The molecule has 3 nitrogen and oxygen atoms in total. The Bertz CT molecular complexity index is 287. The van der Waals surface area contributed by atoms with Gasteiger partial charge in [0.05, 0.1) is 12.5 Å². The maximum Gasteiger partial charge on any atom is 0.312 e. The van der Waals surface area contributed by atoms with Crippen molar-refractivity contribution in [1.82, 2.24) is 0 Å². The van der Waals surface area contributed by atoms with E-state index < -0.39 is 0 Å². The van der Waals surface area contributed by atoms with Crippen molar-refractivity contribution in [3.05, 3.63) is 0 Å². The number of methoxy groups -OCH3 is 1. The second-order valence-corrected chi connectivity index (χ2v) is 4.62. The summed E-state index contributed by atoms with van der Waals surface area (Å²) in [5.74, 6) is -0.0518. The highest BCUT2D eigenvalue weighted by Crippen LogP contribution is 3.00. The van der Waals surface area contributed by atoms with E-state index in [0.29, 0.717) is 0 Å². The molecule has 0 aromatic carbocycles. The predicted octanol–water partition coefficient (Wildman–Crippen LogP) is 0.322. The molecule has 66 valence electrons. The lowest BCUT2D eigenvalue weighted by molar-refractivity contribution is -0.152. The molecule has 1 spiro atoms. The monoisotopic (exact) mass is 168 g/mol. The summed E-state index contributed by atoms with van der Waals surface area (Å²) in [5.41, 5.74) is 0.188. The van der Waals surface area contributed by atoms with Crippen LogP contribution in [0.25, 0.3) is 0 Å². The van der Waals surface area contributed by atoms with Crippen LogP contribution in [-0.2, 0) is 9.53 Å². The van der Waals surface area contributed by atoms with E-state index in [1.807, 2.05) is 0 Å². The van der Waals surface area contributed by atoms with Crippen molar-refractivity contribution < 1.29 is 14.6 Å². The van der Waals surface area contributed by atoms with Gasteiger partial charge >= 0.3 is 5.97 Å². The lowest BCUT2D eigenvalue weighted by Gasteiger charge is -2.30. The minimum atomic E-state index is -0.148. The molecule has 3 saturated carbocycles. The molecule has 1 N–H and O–H groups in total. The molecule has 0 amide bonds. The van der Waals surface area contributed by atoms with Crippen LogP contribution in [0.3, 0.4) is 0 Å². The van der Waals surface area contributed by atoms with Gasteiger partial charge in [0.25, 0.3) is 0 Å². The highest BCUT2D eigenvalue weighted by molar-refractivity contribution is 5.87. The van der Waals surface area contributed by atoms with Crippen molar-refractivity contribution in [3.63, 3.8) is 0 Å². The molecule has 0 heterocycles. The summed E-state index contributed by atoms with van der Waals surface area (Å²) in [6.45, 7) is 0.256. The zero-order valence-electron chi connectivity index (χ0n) is 7.09. The van der Waals surface area contributed by atoms with E-state index in [2.05, 4.69) is 0 Å². The second-order valence-electron chi connectivity index (χ2n) is 4.62. The van der Waals surface area contributed by atoms with Gasteiger partial charge in [-0.05, 0) is 24.7 Å². The number of carbonyl (C=O) groups excluding carboxylic acids is 1. The first-order valence-electron chi connectivity index (χ1n) is 4.36. The molecule has 0 radical (unpaired) electrons. The fourth-order valence-corrected chi connectivity index (χ4v) is 3.66. The number of esters is 1. The maximum absolute atomic E-state index is 11.3. The highest BCUT2D eigenvalue weighted by atomic mass is 16.5. The topological polar surface area (TPSA) is 46.5 Å². The van der Waals surface area contributed by atoms with Gasteiger partial charge in [0.2, 0.25) is 0 Å². The highest BCUT2D eigenvalue weighted by Gasteiger charge is 2.99. The molecule has 0 saturated heterocycles. The van der Waals surface area contributed by atoms with E-state index in [-0.39, 0.29) is 28.8 Å². The summed E-state index contributed by atoms with van der Waals surface area (Å²) in [6, 6.07) is 0. The van der Waals surface area contributed by atoms with Crippen molar-refractivity contribution in [2.45, 2.75) is 19.3 Å². The fourth-order valence-electron chi connectivity index (χ4n) is 3.66. The number of carbonyl (C=O) groups is 1. The zero-order valence-corrected chi connectivity index (χ0v) is 7.09. The maximum atomic E-state index is 11.3. The third-order valence-corrected chi connectivity index (χ3v) is 4.44. The van der Waals surface area contributed by atoms with Gasteiger partial charge in [-0.3, -0.25) is 4.79 Å². The molecule has 3 aliphatic rings. The number of aliphatic hydroxyl groups excluding tert-OH is 1. The molecule has 0 aliphatic heterocycles. The van der Waals surface area contributed by atoms with E-state index >= 15 is 0 Å². The van der Waals surface area contributed by atoms with Gasteiger partial charge in [-0.15, -0.1) is 0 Å². The fraction of sp³-hybridized carbons (Fsp3) is 0.889. The molecule has 3 atom stereocenters. The summed E-state index contributed by atoms with van der Waals surface area (Å²) in [6.07, 6.45) is 2.88. The molecule has 0 aromatic heterocycles. The number of hydrogen-bond donors (Lipinski definition) is 1. The van der Waals surface area contributed by atoms with E-state index in [0.717, 1.165) is 19.3 Å². The molecule has 12 heavy (non-hydrogen) atoms. The Balaban J connectivity index is 1.85. The second kappa shape index (κ2) is 1.43. The van der Waals surface area contributed by atoms with Crippen LogP contribution >= 0.6 is 0 Å². The van der Waals surface area contributed by atoms with Crippen LogP contribution in [0.5, 0.6) is 0 Å². The third-order valence-electron chi connectivity index (χ3n) is 4.44. The van der Waals surface area contributed by atoms with Crippen LogP contribution in [0.15, 0.2) is 0 Å². The predicted molar refractivity (Wildman–Crippen MR) is 40.3 cm³/mol. The lowest BCUT2D eigenvalue weighted by Crippen LogP contribution is -2.35. The molecule has 3 unspecified atom stereocenters. The van der Waals surface area contributed by atoms with E-state index in [4.69, 9.17) is 9.84 Å². The molecule has 3 heteroatoms. The Kier molecular flexibility index (Phi) is 0.824. The number of hydrogen-bond acceptors (Lipinski definition) is 3. The molecular weight excluding hydrogens is 156 g/mol. The Labute approximate surface area is 70.7 Å². The smallest absolute Gasteiger partial charge is 0.312 e. The average molecular weight is 168 g/mol. The summed E-state index contributed by atoms with van der Waals surface area (Å²) in [7, 11) is 1.45. The summed E-state index contributed by atoms with van der Waals surface area (Å²) in [4.78, 5) is 11.3. The standard InChI is InChI=1S/C9H12O3/c1-12-6(11)8-2-7(5-10)3-9(7,8)4-8/h10H,2-5H2,1H3. The van der Waals surface area contributed by atoms with Crippen molar-refractivity contribution in [2.75, 3.05) is 13.7 Å². The number of rotatable bonds is 2. The molecule has 3 fully saturated rings. The van der Waals surface area contributed by atoms with Crippen LogP contribution in [0.1, 0.15) is 19.3 Å². The quantitative estimate of drug-likeness (QED) is 0.604. The molecule has 0 bridgehead atoms. The summed E-state index contributed by atoms with van der Waals surface area (Å²) < 4.78 is 4.76. The Morgan fingerprint density at radius 2 is 2.25 bits per heavy atom.